The molecule has 1 N–H and O–H groups in total. The van der Waals surface area contributed by atoms with Crippen molar-refractivity contribution in [2.24, 2.45) is 0 Å². The minimum absolute atomic E-state index is 0.267. The first kappa shape index (κ1) is 23.3. The number of rotatable bonds is 7. The maximum Gasteiger partial charge on any atom is 0.282 e. The van der Waals surface area contributed by atoms with Gasteiger partial charge in [-0.25, -0.2) is 4.90 Å². The van der Waals surface area contributed by atoms with Crippen molar-refractivity contribution in [3.05, 3.63) is 94.2 Å². The van der Waals surface area contributed by atoms with Crippen molar-refractivity contribution in [3.63, 3.8) is 0 Å². The van der Waals surface area contributed by atoms with E-state index in [-0.39, 0.29) is 17.5 Å². The fraction of sp³-hybridized carbons (Fsp3) is 0.241. The molecular weight excluding hydrogens is 424 g/mol. The van der Waals surface area contributed by atoms with Crippen LogP contribution in [0.25, 0.3) is 5.57 Å². The van der Waals surface area contributed by atoms with Gasteiger partial charge in [0, 0.05) is 11.8 Å². The summed E-state index contributed by atoms with van der Waals surface area (Å²) >= 11 is 0. The first-order valence-electron chi connectivity index (χ1n) is 11.6. The summed E-state index contributed by atoms with van der Waals surface area (Å²) in [7, 11) is 0. The number of nitrogens with zero attached hydrogens (tertiary/aromatic N) is 1. The smallest absolute Gasteiger partial charge is 0.282 e. The average molecular weight is 455 g/mol. The van der Waals surface area contributed by atoms with Crippen molar-refractivity contribution < 1.29 is 14.3 Å². The van der Waals surface area contributed by atoms with Crippen LogP contribution in [0.3, 0.4) is 0 Å². The largest absolute Gasteiger partial charge is 0.494 e. The summed E-state index contributed by atoms with van der Waals surface area (Å²) in [6.07, 6.45) is 0.900. The molecule has 3 aromatic rings. The summed E-state index contributed by atoms with van der Waals surface area (Å²) < 4.78 is 5.75. The first-order valence-corrected chi connectivity index (χ1v) is 11.6. The topological polar surface area (TPSA) is 58.6 Å². The van der Waals surface area contributed by atoms with Gasteiger partial charge in [-0.15, -0.1) is 0 Å². The number of hydrogen-bond donors (Lipinski definition) is 1. The molecule has 2 amide bonds. The Balaban J connectivity index is 1.81. The highest BCUT2D eigenvalue weighted by Gasteiger charge is 2.40. The van der Waals surface area contributed by atoms with Crippen LogP contribution >= 0.6 is 0 Å². The van der Waals surface area contributed by atoms with Gasteiger partial charge in [-0.3, -0.25) is 9.59 Å². The SMILES string of the molecule is CCCOc1cccc(NC2=C(c3ccc(C)cc3C)C(=O)N(c3ccc(C)c(C)c3)C2=O)c1. The molecule has 5 heteroatoms. The molecule has 0 unspecified atom stereocenters. The molecule has 1 heterocycles. The van der Waals surface area contributed by atoms with Crippen LogP contribution in [0.4, 0.5) is 11.4 Å². The molecule has 0 spiro atoms. The zero-order valence-corrected chi connectivity index (χ0v) is 20.4. The highest BCUT2D eigenvalue weighted by Crippen LogP contribution is 2.36. The number of ether oxygens (including phenoxy) is 1. The van der Waals surface area contributed by atoms with Gasteiger partial charge in [-0.05, 0) is 80.6 Å². The molecule has 0 aromatic heterocycles. The summed E-state index contributed by atoms with van der Waals surface area (Å²) in [4.78, 5) is 28.7. The Hall–Kier alpha value is -3.86. The third kappa shape index (κ3) is 4.46. The molecule has 0 saturated carbocycles. The van der Waals surface area contributed by atoms with E-state index in [2.05, 4.69) is 5.32 Å². The van der Waals surface area contributed by atoms with Gasteiger partial charge in [0.2, 0.25) is 0 Å². The third-order valence-electron chi connectivity index (χ3n) is 6.06. The summed E-state index contributed by atoms with van der Waals surface area (Å²) in [5.74, 6) is 0.00695. The van der Waals surface area contributed by atoms with Crippen LogP contribution in [0.5, 0.6) is 5.75 Å². The van der Waals surface area contributed by atoms with Crippen LogP contribution in [0.15, 0.2) is 66.4 Å². The van der Waals surface area contributed by atoms with Gasteiger partial charge in [-0.1, -0.05) is 42.8 Å². The van der Waals surface area contributed by atoms with Crippen molar-refractivity contribution in [2.75, 3.05) is 16.8 Å². The average Bonchev–Trinajstić information content (AvgIpc) is 3.04. The van der Waals surface area contributed by atoms with Crippen LogP contribution < -0.4 is 15.0 Å². The molecule has 0 aliphatic carbocycles. The van der Waals surface area contributed by atoms with Gasteiger partial charge in [0.05, 0.1) is 17.9 Å². The molecule has 1 aliphatic rings. The predicted molar refractivity (Wildman–Crippen MR) is 137 cm³/mol. The Labute approximate surface area is 201 Å². The number of imide groups is 1. The van der Waals surface area contributed by atoms with Crippen molar-refractivity contribution in [3.8, 4) is 5.75 Å². The van der Waals surface area contributed by atoms with E-state index in [0.717, 1.165) is 34.2 Å². The number of nitrogens with one attached hydrogen (secondary N) is 1. The molecule has 34 heavy (non-hydrogen) atoms. The van der Waals surface area contributed by atoms with E-state index in [9.17, 15) is 9.59 Å². The lowest BCUT2D eigenvalue weighted by molar-refractivity contribution is -0.120. The Morgan fingerprint density at radius 3 is 2.32 bits per heavy atom. The van der Waals surface area contributed by atoms with Crippen LogP contribution in [0.1, 0.15) is 41.2 Å². The first-order chi connectivity index (χ1) is 16.3. The summed E-state index contributed by atoms with van der Waals surface area (Å²) in [6, 6.07) is 19.0. The van der Waals surface area contributed by atoms with E-state index < -0.39 is 0 Å². The van der Waals surface area contributed by atoms with Crippen molar-refractivity contribution in [1.82, 2.24) is 0 Å². The van der Waals surface area contributed by atoms with E-state index in [4.69, 9.17) is 4.74 Å². The van der Waals surface area contributed by atoms with E-state index in [0.29, 0.717) is 29.3 Å². The molecule has 5 nitrogen and oxygen atoms in total. The van der Waals surface area contributed by atoms with Gasteiger partial charge >= 0.3 is 0 Å². The second-order valence-electron chi connectivity index (χ2n) is 8.78. The monoisotopic (exact) mass is 454 g/mol. The van der Waals surface area contributed by atoms with E-state index >= 15 is 0 Å². The van der Waals surface area contributed by atoms with Gasteiger partial charge in [0.15, 0.2) is 0 Å². The Morgan fingerprint density at radius 1 is 0.824 bits per heavy atom. The number of amides is 2. The fourth-order valence-electron chi connectivity index (χ4n) is 4.12. The number of carbonyl (C=O) groups is 2. The van der Waals surface area contributed by atoms with Gasteiger partial charge in [-0.2, -0.15) is 0 Å². The van der Waals surface area contributed by atoms with Crippen molar-refractivity contribution in [2.45, 2.75) is 41.0 Å². The molecule has 4 rings (SSSR count). The predicted octanol–water partition coefficient (Wildman–Crippen LogP) is 6.11. The van der Waals surface area contributed by atoms with E-state index in [1.807, 2.05) is 95.3 Å². The second-order valence-corrected chi connectivity index (χ2v) is 8.78. The lowest BCUT2D eigenvalue weighted by Gasteiger charge is -2.17. The van der Waals surface area contributed by atoms with Gasteiger partial charge in [0.25, 0.3) is 11.8 Å². The maximum atomic E-state index is 13.7. The van der Waals surface area contributed by atoms with Gasteiger partial charge < -0.3 is 10.1 Å². The zero-order valence-electron chi connectivity index (χ0n) is 20.4. The normalized spacial score (nSPS) is 13.6. The van der Waals surface area contributed by atoms with Crippen LogP contribution in [0, 0.1) is 27.7 Å². The highest BCUT2D eigenvalue weighted by atomic mass is 16.5. The highest BCUT2D eigenvalue weighted by molar-refractivity contribution is 6.46. The molecule has 174 valence electrons. The van der Waals surface area contributed by atoms with Crippen LogP contribution in [-0.4, -0.2) is 18.4 Å². The molecule has 1 aliphatic heterocycles. The Bertz CT molecular complexity index is 1310. The minimum atomic E-state index is -0.372. The lowest BCUT2D eigenvalue weighted by atomic mass is 9.97. The third-order valence-corrected chi connectivity index (χ3v) is 6.06. The summed E-state index contributed by atoms with van der Waals surface area (Å²) in [5, 5.41) is 3.24. The minimum Gasteiger partial charge on any atom is -0.494 e. The Kier molecular flexibility index (Phi) is 6.55. The molecule has 0 atom stereocenters. The number of benzene rings is 3. The summed E-state index contributed by atoms with van der Waals surface area (Å²) in [5.41, 5.74) is 6.81. The molecule has 0 saturated heterocycles. The quantitative estimate of drug-likeness (QED) is 0.438. The second kappa shape index (κ2) is 9.56. The van der Waals surface area contributed by atoms with Crippen LogP contribution in [-0.2, 0) is 9.59 Å². The Morgan fingerprint density at radius 2 is 1.62 bits per heavy atom. The van der Waals surface area contributed by atoms with Crippen molar-refractivity contribution >= 4 is 28.8 Å². The number of carbonyl (C=O) groups excluding carboxylic acids is 2. The number of hydrogen-bond acceptors (Lipinski definition) is 4. The van der Waals surface area contributed by atoms with Crippen molar-refractivity contribution in [1.29, 1.82) is 0 Å². The van der Waals surface area contributed by atoms with Gasteiger partial charge in [0.1, 0.15) is 11.4 Å². The fourth-order valence-corrected chi connectivity index (χ4v) is 4.12. The maximum absolute atomic E-state index is 13.7. The number of aryl methyl sites for hydroxylation is 4. The summed E-state index contributed by atoms with van der Waals surface area (Å²) in [6.45, 7) is 10.6. The molecular formula is C29H30N2O3. The lowest BCUT2D eigenvalue weighted by Crippen LogP contribution is -2.32. The molecule has 0 bridgehead atoms. The molecule has 0 radical (unpaired) electrons. The van der Waals surface area contributed by atoms with E-state index in [1.165, 1.54) is 4.90 Å². The number of anilines is 2. The zero-order chi connectivity index (χ0) is 24.4. The van der Waals surface area contributed by atoms with Crippen LogP contribution in [0.2, 0.25) is 0 Å². The molecule has 0 fully saturated rings. The standard InChI is InChI=1S/C29H30N2O3/c1-6-14-34-24-9-7-8-22(17-24)30-27-26(25-13-10-18(2)15-21(25)5)28(32)31(29(27)33)23-12-11-19(3)20(4)16-23/h7-13,15-17,30H,6,14H2,1-5H3. The molecule has 3 aromatic carbocycles. The van der Waals surface area contributed by atoms with E-state index in [1.54, 1.807) is 0 Å².